The zero-order valence-corrected chi connectivity index (χ0v) is 17.8. The molecule has 2 heterocycles. The number of rotatable bonds is 3. The summed E-state index contributed by atoms with van der Waals surface area (Å²) in [4.78, 5) is 25.6. The topological polar surface area (TPSA) is 95.1 Å². The Morgan fingerprint density at radius 2 is 1.87 bits per heavy atom. The lowest BCUT2D eigenvalue weighted by molar-refractivity contribution is 0.0689. The van der Waals surface area contributed by atoms with Crippen LogP contribution in [-0.2, 0) is 0 Å². The Balaban J connectivity index is 1.87. The number of halogens is 1. The van der Waals surface area contributed by atoms with Gasteiger partial charge in [-0.05, 0) is 32.0 Å². The van der Waals surface area contributed by atoms with Gasteiger partial charge in [0.25, 0.3) is 5.91 Å². The molecule has 30 heavy (non-hydrogen) atoms. The van der Waals surface area contributed by atoms with Gasteiger partial charge in [0.15, 0.2) is 6.17 Å². The second-order valence-electron chi connectivity index (χ2n) is 6.85. The molecule has 0 fully saturated rings. The van der Waals surface area contributed by atoms with Gasteiger partial charge in [0, 0.05) is 21.8 Å². The van der Waals surface area contributed by atoms with Gasteiger partial charge in [-0.25, -0.2) is 9.80 Å². The average molecular weight is 468 g/mol. The Morgan fingerprint density at radius 3 is 2.60 bits per heavy atom. The van der Waals surface area contributed by atoms with Crippen LogP contribution in [0, 0.1) is 6.92 Å². The van der Waals surface area contributed by atoms with Gasteiger partial charge in [-0.3, -0.25) is 4.79 Å². The highest BCUT2D eigenvalue weighted by Gasteiger charge is 2.34. The summed E-state index contributed by atoms with van der Waals surface area (Å²) in [6.07, 6.45) is -0.627. The van der Waals surface area contributed by atoms with E-state index in [1.807, 2.05) is 36.4 Å². The molecule has 3 aromatic rings. The Hall–Kier alpha value is -3.39. The Morgan fingerprint density at radius 1 is 1.17 bits per heavy atom. The molecule has 2 N–H and O–H groups in total. The van der Waals surface area contributed by atoms with E-state index in [1.165, 1.54) is 11.1 Å². The summed E-state index contributed by atoms with van der Waals surface area (Å²) in [5.74, 6) is -0.300. The van der Waals surface area contributed by atoms with E-state index < -0.39 is 11.8 Å². The van der Waals surface area contributed by atoms with Crippen molar-refractivity contribution in [2.24, 2.45) is 5.10 Å². The fourth-order valence-electron chi connectivity index (χ4n) is 3.39. The number of hydrogen-bond donors (Lipinski definition) is 2. The lowest BCUT2D eigenvalue weighted by Gasteiger charge is -2.35. The molecule has 0 spiro atoms. The number of anilines is 1. The molecule has 7 nitrogen and oxygen atoms in total. The summed E-state index contributed by atoms with van der Waals surface area (Å²) in [5.41, 5.74) is 1.29. The van der Waals surface area contributed by atoms with Crippen molar-refractivity contribution in [1.29, 1.82) is 0 Å². The highest BCUT2D eigenvalue weighted by molar-refractivity contribution is 9.10. The van der Waals surface area contributed by atoms with Crippen LogP contribution in [0.15, 0.2) is 73.4 Å². The van der Waals surface area contributed by atoms with E-state index in [0.717, 1.165) is 10.0 Å². The van der Waals surface area contributed by atoms with Gasteiger partial charge in [0.1, 0.15) is 17.1 Å². The lowest BCUT2D eigenvalue weighted by Crippen LogP contribution is -2.40. The molecule has 0 saturated carbocycles. The molecular weight excluding hydrogens is 450 g/mol. The van der Waals surface area contributed by atoms with Crippen LogP contribution in [0.2, 0.25) is 0 Å². The van der Waals surface area contributed by atoms with Gasteiger partial charge in [-0.2, -0.15) is 5.10 Å². The SMILES string of the molecule is C/C(=N\N1C(=O)c2ccccc2NC1c1ccccc1Br)c1c(O)cc(C)oc1=O. The van der Waals surface area contributed by atoms with Crippen molar-refractivity contribution in [2.75, 3.05) is 5.32 Å². The Labute approximate surface area is 180 Å². The number of fused-ring (bicyclic) bond motifs is 1. The molecule has 0 bridgehead atoms. The number of nitrogens with one attached hydrogen (secondary N) is 1. The zero-order chi connectivity index (χ0) is 21.4. The van der Waals surface area contributed by atoms with Crippen LogP contribution in [0.4, 0.5) is 5.69 Å². The normalized spacial score (nSPS) is 16.2. The van der Waals surface area contributed by atoms with Crippen molar-refractivity contribution in [3.05, 3.63) is 91.9 Å². The van der Waals surface area contributed by atoms with Gasteiger partial charge in [-0.15, -0.1) is 0 Å². The number of benzene rings is 2. The fourth-order valence-corrected chi connectivity index (χ4v) is 3.90. The molecule has 1 amide bonds. The van der Waals surface area contributed by atoms with Crippen LogP contribution >= 0.6 is 15.9 Å². The number of amides is 1. The summed E-state index contributed by atoms with van der Waals surface area (Å²) in [7, 11) is 0. The van der Waals surface area contributed by atoms with Crippen LogP contribution in [-0.4, -0.2) is 21.7 Å². The maximum atomic E-state index is 13.3. The number of hydrogen-bond acceptors (Lipinski definition) is 6. The number of aryl methyl sites for hydroxylation is 1. The van der Waals surface area contributed by atoms with E-state index in [0.29, 0.717) is 11.3 Å². The van der Waals surface area contributed by atoms with E-state index in [-0.39, 0.29) is 28.7 Å². The number of para-hydroxylation sites is 1. The molecule has 0 radical (unpaired) electrons. The number of hydrazone groups is 1. The smallest absolute Gasteiger partial charge is 0.348 e. The maximum absolute atomic E-state index is 13.3. The third-order valence-corrected chi connectivity index (χ3v) is 5.50. The van der Waals surface area contributed by atoms with Gasteiger partial charge < -0.3 is 14.8 Å². The van der Waals surface area contributed by atoms with Crippen molar-refractivity contribution in [3.8, 4) is 5.75 Å². The minimum absolute atomic E-state index is 0.0851. The summed E-state index contributed by atoms with van der Waals surface area (Å²) >= 11 is 3.53. The lowest BCUT2D eigenvalue weighted by atomic mass is 10.0. The summed E-state index contributed by atoms with van der Waals surface area (Å²) in [6.45, 7) is 3.11. The minimum Gasteiger partial charge on any atom is -0.507 e. The molecule has 0 saturated heterocycles. The Kier molecular flexibility index (Phi) is 5.17. The van der Waals surface area contributed by atoms with E-state index in [1.54, 1.807) is 26.0 Å². The molecular formula is C22H18BrN3O4. The van der Waals surface area contributed by atoms with Gasteiger partial charge in [0.2, 0.25) is 0 Å². The quantitative estimate of drug-likeness (QED) is 0.556. The number of nitrogens with zero attached hydrogens (tertiary/aromatic N) is 2. The van der Waals surface area contributed by atoms with Gasteiger partial charge in [0.05, 0.1) is 11.3 Å². The predicted molar refractivity (Wildman–Crippen MR) is 117 cm³/mol. The van der Waals surface area contributed by atoms with Crippen molar-refractivity contribution < 1.29 is 14.3 Å². The molecule has 1 aromatic heterocycles. The molecule has 1 aliphatic rings. The van der Waals surface area contributed by atoms with Crippen LogP contribution < -0.4 is 10.9 Å². The predicted octanol–water partition coefficient (Wildman–Crippen LogP) is 4.41. The van der Waals surface area contributed by atoms with Crippen LogP contribution in [0.25, 0.3) is 0 Å². The third-order valence-electron chi connectivity index (χ3n) is 4.78. The van der Waals surface area contributed by atoms with Crippen LogP contribution in [0.3, 0.4) is 0 Å². The summed E-state index contributed by atoms with van der Waals surface area (Å²) < 4.78 is 5.89. The van der Waals surface area contributed by atoms with E-state index in [2.05, 4.69) is 26.3 Å². The summed E-state index contributed by atoms with van der Waals surface area (Å²) in [6, 6.07) is 16.0. The van der Waals surface area contributed by atoms with Crippen LogP contribution in [0.1, 0.15) is 40.3 Å². The molecule has 1 aliphatic heterocycles. The average Bonchev–Trinajstić information content (AvgIpc) is 2.70. The number of carbonyl (C=O) groups is 1. The molecule has 4 rings (SSSR count). The monoisotopic (exact) mass is 467 g/mol. The molecule has 1 atom stereocenters. The highest BCUT2D eigenvalue weighted by Crippen LogP contribution is 2.36. The second kappa shape index (κ2) is 7.79. The zero-order valence-electron chi connectivity index (χ0n) is 16.2. The second-order valence-corrected chi connectivity index (χ2v) is 7.71. The molecule has 152 valence electrons. The van der Waals surface area contributed by atoms with Gasteiger partial charge in [-0.1, -0.05) is 46.3 Å². The van der Waals surface area contributed by atoms with Crippen molar-refractivity contribution >= 4 is 33.2 Å². The molecule has 2 aromatic carbocycles. The highest BCUT2D eigenvalue weighted by atomic mass is 79.9. The summed E-state index contributed by atoms with van der Waals surface area (Å²) in [5, 5.41) is 19.3. The van der Waals surface area contributed by atoms with Crippen molar-refractivity contribution in [3.63, 3.8) is 0 Å². The largest absolute Gasteiger partial charge is 0.507 e. The van der Waals surface area contributed by atoms with Crippen molar-refractivity contribution in [2.45, 2.75) is 20.0 Å². The van der Waals surface area contributed by atoms with Crippen molar-refractivity contribution in [1.82, 2.24) is 5.01 Å². The van der Waals surface area contributed by atoms with E-state index in [4.69, 9.17) is 4.42 Å². The molecule has 0 aliphatic carbocycles. The third kappa shape index (κ3) is 3.50. The minimum atomic E-state index is -0.719. The van der Waals surface area contributed by atoms with E-state index >= 15 is 0 Å². The van der Waals surface area contributed by atoms with Crippen LogP contribution in [0.5, 0.6) is 5.75 Å². The first-order valence-corrected chi connectivity index (χ1v) is 9.99. The first-order valence-electron chi connectivity index (χ1n) is 9.19. The standard InChI is InChI=1S/C22H18BrN3O4/c1-12-11-18(27)19(22(29)30-12)13(2)25-26-20(14-7-3-5-9-16(14)23)24-17-10-6-4-8-15(17)21(26)28/h3-11,20,24,27H,1-2H3/b25-13+. The van der Waals surface area contributed by atoms with Gasteiger partial charge >= 0.3 is 5.63 Å². The van der Waals surface area contributed by atoms with E-state index in [9.17, 15) is 14.7 Å². The first kappa shape index (κ1) is 19.9. The fraction of sp³-hybridized carbons (Fsp3) is 0.136. The maximum Gasteiger partial charge on any atom is 0.348 e. The number of aromatic hydroxyl groups is 1. The first-order chi connectivity index (χ1) is 14.4. The number of carbonyl (C=O) groups excluding carboxylic acids is 1. The molecule has 1 unspecified atom stereocenters. The molecule has 8 heteroatoms. The Bertz CT molecular complexity index is 1240.